The summed E-state index contributed by atoms with van der Waals surface area (Å²) in [5.41, 5.74) is 1.54. The number of ketones is 1. The van der Waals surface area contributed by atoms with Crippen LogP contribution in [0.4, 0.5) is 0 Å². The van der Waals surface area contributed by atoms with Crippen LogP contribution in [0.25, 0.3) is 0 Å². The van der Waals surface area contributed by atoms with Gasteiger partial charge in [-0.1, -0.05) is 12.1 Å². The number of hydrogen-bond acceptors (Lipinski definition) is 3. The molecule has 0 radical (unpaired) electrons. The monoisotopic (exact) mass is 245 g/mol. The lowest BCUT2D eigenvalue weighted by molar-refractivity contribution is -0.157. The molecule has 1 saturated carbocycles. The number of carbonyl (C=O) groups excluding carboxylic acids is 2. The van der Waals surface area contributed by atoms with Crippen molar-refractivity contribution >= 4 is 11.7 Å². The summed E-state index contributed by atoms with van der Waals surface area (Å²) in [5.74, 6) is 0.723. The Morgan fingerprint density at radius 3 is 2.78 bits per heavy atom. The molecule has 0 saturated heterocycles. The first-order valence-electron chi connectivity index (χ1n) is 6.21. The summed E-state index contributed by atoms with van der Waals surface area (Å²) >= 11 is 0. The van der Waals surface area contributed by atoms with E-state index in [4.69, 9.17) is 4.84 Å². The van der Waals surface area contributed by atoms with Crippen LogP contribution in [0.1, 0.15) is 41.6 Å². The van der Waals surface area contributed by atoms with Crippen molar-refractivity contribution in [1.82, 2.24) is 5.06 Å². The molecule has 1 amide bonds. The molecule has 1 unspecified atom stereocenters. The van der Waals surface area contributed by atoms with Gasteiger partial charge in [-0.25, -0.2) is 0 Å². The Labute approximate surface area is 105 Å². The standard InChI is InChI=1S/C14H15NO3/c1-8-11-6-5-10(13(16)9-3-4-9)7-12(11)18-15(2)14(8)17/h5-9H,3-4H2,1-2H3. The minimum Gasteiger partial charge on any atom is -0.377 e. The third-order valence-electron chi connectivity index (χ3n) is 3.63. The SMILES string of the molecule is CC1C(=O)N(C)Oc2cc(C(=O)C3CC3)ccc21. The fraction of sp³-hybridized carbons (Fsp3) is 0.429. The van der Waals surface area contributed by atoms with Crippen LogP contribution >= 0.6 is 0 Å². The first-order chi connectivity index (χ1) is 8.58. The maximum absolute atomic E-state index is 12.0. The summed E-state index contributed by atoms with van der Waals surface area (Å²) in [7, 11) is 1.59. The largest absolute Gasteiger partial charge is 0.377 e. The Balaban J connectivity index is 1.98. The maximum atomic E-state index is 12.0. The zero-order valence-electron chi connectivity index (χ0n) is 10.5. The van der Waals surface area contributed by atoms with Gasteiger partial charge in [0, 0.05) is 24.1 Å². The molecule has 1 atom stereocenters. The van der Waals surface area contributed by atoms with Crippen LogP contribution in [0.3, 0.4) is 0 Å². The smallest absolute Gasteiger partial charge is 0.262 e. The van der Waals surface area contributed by atoms with Gasteiger partial charge < -0.3 is 4.84 Å². The minimum absolute atomic E-state index is 0.0660. The van der Waals surface area contributed by atoms with Crippen molar-refractivity contribution in [3.05, 3.63) is 29.3 Å². The van der Waals surface area contributed by atoms with Gasteiger partial charge in [-0.15, -0.1) is 0 Å². The van der Waals surface area contributed by atoms with Crippen LogP contribution in [-0.2, 0) is 4.79 Å². The fourth-order valence-electron chi connectivity index (χ4n) is 2.30. The molecule has 0 N–H and O–H groups in total. The fourth-order valence-corrected chi connectivity index (χ4v) is 2.30. The summed E-state index contributed by atoms with van der Waals surface area (Å²) in [6.07, 6.45) is 1.98. The topological polar surface area (TPSA) is 46.6 Å². The number of benzene rings is 1. The molecule has 1 aromatic carbocycles. The number of rotatable bonds is 2. The number of carbonyl (C=O) groups is 2. The molecule has 2 aliphatic rings. The molecule has 0 aromatic heterocycles. The Kier molecular flexibility index (Phi) is 2.40. The van der Waals surface area contributed by atoms with Gasteiger partial charge in [0.1, 0.15) is 0 Å². The van der Waals surface area contributed by atoms with Gasteiger partial charge in [0.15, 0.2) is 11.5 Å². The minimum atomic E-state index is -0.219. The molecule has 1 heterocycles. The van der Waals surface area contributed by atoms with E-state index in [9.17, 15) is 9.59 Å². The third-order valence-corrected chi connectivity index (χ3v) is 3.63. The van der Waals surface area contributed by atoms with Crippen LogP contribution in [-0.4, -0.2) is 23.8 Å². The van der Waals surface area contributed by atoms with Crippen LogP contribution in [0.2, 0.25) is 0 Å². The lowest BCUT2D eigenvalue weighted by atomic mass is 9.95. The number of hydroxylamine groups is 2. The lowest BCUT2D eigenvalue weighted by Crippen LogP contribution is -2.37. The molecule has 4 heteroatoms. The summed E-state index contributed by atoms with van der Waals surface area (Å²) in [4.78, 5) is 29.2. The number of Topliss-reactive ketones (excluding diaryl/α,β-unsaturated/α-hetero) is 1. The van der Waals surface area contributed by atoms with Gasteiger partial charge in [0.25, 0.3) is 5.91 Å². The van der Waals surface area contributed by atoms with Crippen LogP contribution in [0, 0.1) is 5.92 Å². The van der Waals surface area contributed by atoms with Crippen molar-refractivity contribution in [3.8, 4) is 5.75 Å². The number of nitrogens with zero attached hydrogens (tertiary/aromatic N) is 1. The second kappa shape index (κ2) is 3.83. The molecular formula is C14H15NO3. The Morgan fingerprint density at radius 2 is 2.11 bits per heavy atom. The van der Waals surface area contributed by atoms with Gasteiger partial charge in [-0.3, -0.25) is 9.59 Å². The first kappa shape index (κ1) is 11.3. The molecule has 3 rings (SSSR count). The van der Waals surface area contributed by atoms with Crippen LogP contribution in [0.15, 0.2) is 18.2 Å². The summed E-state index contributed by atoms with van der Waals surface area (Å²) < 4.78 is 0. The highest BCUT2D eigenvalue weighted by Crippen LogP contribution is 2.37. The number of hydrogen-bond donors (Lipinski definition) is 0. The van der Waals surface area contributed by atoms with Gasteiger partial charge in [-0.2, -0.15) is 5.06 Å². The van der Waals surface area contributed by atoms with Crippen molar-refractivity contribution in [2.24, 2.45) is 5.92 Å². The number of amides is 1. The molecule has 0 spiro atoms. The summed E-state index contributed by atoms with van der Waals surface area (Å²) in [5, 5.41) is 1.23. The van der Waals surface area contributed by atoms with E-state index in [1.54, 1.807) is 19.2 Å². The van der Waals surface area contributed by atoms with E-state index in [1.165, 1.54) is 5.06 Å². The Hall–Kier alpha value is -1.84. The molecule has 4 nitrogen and oxygen atoms in total. The van der Waals surface area contributed by atoms with Crippen molar-refractivity contribution < 1.29 is 14.4 Å². The normalized spacial score (nSPS) is 22.4. The average molecular weight is 245 g/mol. The van der Waals surface area contributed by atoms with Crippen molar-refractivity contribution in [1.29, 1.82) is 0 Å². The molecule has 18 heavy (non-hydrogen) atoms. The number of likely N-dealkylation sites (N-methyl/N-ethyl adjacent to an activating group) is 1. The van der Waals surface area contributed by atoms with Crippen LogP contribution in [0.5, 0.6) is 5.75 Å². The molecule has 1 aliphatic carbocycles. The highest BCUT2D eigenvalue weighted by molar-refractivity contribution is 6.00. The molecule has 1 aliphatic heterocycles. The maximum Gasteiger partial charge on any atom is 0.262 e. The van der Waals surface area contributed by atoms with Crippen molar-refractivity contribution in [2.75, 3.05) is 7.05 Å². The zero-order chi connectivity index (χ0) is 12.9. The van der Waals surface area contributed by atoms with Gasteiger partial charge in [-0.05, 0) is 25.8 Å². The molecule has 1 fully saturated rings. The first-order valence-corrected chi connectivity index (χ1v) is 6.21. The van der Waals surface area contributed by atoms with E-state index in [0.29, 0.717) is 11.3 Å². The second-order valence-electron chi connectivity index (χ2n) is 5.04. The summed E-state index contributed by atoms with van der Waals surface area (Å²) in [6.45, 7) is 1.85. The van der Waals surface area contributed by atoms with Crippen molar-refractivity contribution in [3.63, 3.8) is 0 Å². The number of fused-ring (bicyclic) bond motifs is 1. The molecular weight excluding hydrogens is 230 g/mol. The third kappa shape index (κ3) is 1.68. The quantitative estimate of drug-likeness (QED) is 0.750. The van der Waals surface area contributed by atoms with Gasteiger partial charge in [0.05, 0.1) is 5.92 Å². The predicted octanol–water partition coefficient (Wildman–Crippen LogP) is 2.15. The van der Waals surface area contributed by atoms with E-state index >= 15 is 0 Å². The summed E-state index contributed by atoms with van der Waals surface area (Å²) in [6, 6.07) is 5.40. The molecule has 94 valence electrons. The van der Waals surface area contributed by atoms with E-state index in [-0.39, 0.29) is 23.5 Å². The second-order valence-corrected chi connectivity index (χ2v) is 5.04. The van der Waals surface area contributed by atoms with E-state index in [1.807, 2.05) is 13.0 Å². The Morgan fingerprint density at radius 1 is 1.39 bits per heavy atom. The van der Waals surface area contributed by atoms with Crippen LogP contribution < -0.4 is 4.84 Å². The molecule has 1 aromatic rings. The van der Waals surface area contributed by atoms with E-state index in [0.717, 1.165) is 18.4 Å². The van der Waals surface area contributed by atoms with E-state index in [2.05, 4.69) is 0 Å². The van der Waals surface area contributed by atoms with E-state index < -0.39 is 0 Å². The van der Waals surface area contributed by atoms with Crippen molar-refractivity contribution in [2.45, 2.75) is 25.7 Å². The highest BCUT2D eigenvalue weighted by atomic mass is 16.7. The zero-order valence-corrected chi connectivity index (χ0v) is 10.5. The molecule has 0 bridgehead atoms. The lowest BCUT2D eigenvalue weighted by Gasteiger charge is -2.29. The van der Waals surface area contributed by atoms with Gasteiger partial charge in [0.2, 0.25) is 0 Å². The Bertz CT molecular complexity index is 534. The highest BCUT2D eigenvalue weighted by Gasteiger charge is 2.33. The predicted molar refractivity (Wildman–Crippen MR) is 65.3 cm³/mol. The van der Waals surface area contributed by atoms with Gasteiger partial charge >= 0.3 is 0 Å². The average Bonchev–Trinajstić information content (AvgIpc) is 3.19.